The predicted octanol–water partition coefficient (Wildman–Crippen LogP) is 2.72. The van der Waals surface area contributed by atoms with Crippen LogP contribution in [-0.2, 0) is 14.8 Å². The van der Waals surface area contributed by atoms with Gasteiger partial charge in [0.2, 0.25) is 15.9 Å². The zero-order valence-corrected chi connectivity index (χ0v) is 15.4. The van der Waals surface area contributed by atoms with Crippen molar-refractivity contribution >= 4 is 39.7 Å². The molecule has 0 aliphatic heterocycles. The number of halogens is 1. The van der Waals surface area contributed by atoms with Crippen molar-refractivity contribution in [1.82, 2.24) is 0 Å². The molecular formula is C15H26ClN3O3S. The summed E-state index contributed by atoms with van der Waals surface area (Å²) in [7, 11) is -3.35. The van der Waals surface area contributed by atoms with Crippen molar-refractivity contribution in [2.75, 3.05) is 15.8 Å². The summed E-state index contributed by atoms with van der Waals surface area (Å²) in [5.41, 5.74) is 5.95. The smallest absolute Gasteiger partial charge is 0.244 e. The van der Waals surface area contributed by atoms with Gasteiger partial charge in [-0.25, -0.2) is 8.42 Å². The highest BCUT2D eigenvalue weighted by Gasteiger charge is 2.27. The third-order valence-corrected chi connectivity index (χ3v) is 4.65. The van der Waals surface area contributed by atoms with Crippen molar-refractivity contribution in [2.45, 2.75) is 45.6 Å². The number of nitrogens with one attached hydrogen (secondary N) is 2. The largest absolute Gasteiger partial charge is 0.324 e. The van der Waals surface area contributed by atoms with E-state index in [1.165, 1.54) is 0 Å². The van der Waals surface area contributed by atoms with Crippen LogP contribution in [0.1, 0.15) is 40.0 Å². The van der Waals surface area contributed by atoms with Gasteiger partial charge in [-0.2, -0.15) is 0 Å². The SMILES string of the molecule is CCCC(C)(N)C(=O)Nc1cccc(NS(=O)(=O)CCC)c1.Cl. The Labute approximate surface area is 144 Å². The minimum atomic E-state index is -3.35. The number of benzene rings is 1. The lowest BCUT2D eigenvalue weighted by molar-refractivity contribution is -0.120. The molecule has 0 radical (unpaired) electrons. The molecule has 132 valence electrons. The molecule has 8 heteroatoms. The molecule has 4 N–H and O–H groups in total. The van der Waals surface area contributed by atoms with E-state index in [0.717, 1.165) is 6.42 Å². The molecule has 0 bridgehead atoms. The van der Waals surface area contributed by atoms with Crippen molar-refractivity contribution < 1.29 is 13.2 Å². The van der Waals surface area contributed by atoms with Gasteiger partial charge in [-0.3, -0.25) is 9.52 Å². The van der Waals surface area contributed by atoms with E-state index in [4.69, 9.17) is 5.73 Å². The second-order valence-electron chi connectivity index (χ2n) is 5.62. The number of anilines is 2. The van der Waals surface area contributed by atoms with E-state index >= 15 is 0 Å². The Bertz CT molecular complexity index is 618. The van der Waals surface area contributed by atoms with E-state index in [1.807, 2.05) is 6.92 Å². The van der Waals surface area contributed by atoms with Crippen molar-refractivity contribution in [3.05, 3.63) is 24.3 Å². The van der Waals surface area contributed by atoms with Gasteiger partial charge < -0.3 is 11.1 Å². The van der Waals surface area contributed by atoms with Crippen LogP contribution in [0.4, 0.5) is 11.4 Å². The van der Waals surface area contributed by atoms with Gasteiger partial charge in [-0.15, -0.1) is 12.4 Å². The Morgan fingerprint density at radius 2 is 1.83 bits per heavy atom. The van der Waals surface area contributed by atoms with Crippen LogP contribution in [-0.4, -0.2) is 25.6 Å². The molecule has 1 aromatic carbocycles. The second-order valence-corrected chi connectivity index (χ2v) is 7.47. The van der Waals surface area contributed by atoms with Crippen molar-refractivity contribution in [1.29, 1.82) is 0 Å². The Kier molecular flexibility index (Phi) is 8.58. The normalized spacial score (nSPS) is 13.6. The molecule has 0 heterocycles. The van der Waals surface area contributed by atoms with Crippen LogP contribution >= 0.6 is 12.4 Å². The Morgan fingerprint density at radius 1 is 1.22 bits per heavy atom. The summed E-state index contributed by atoms with van der Waals surface area (Å²) in [6.07, 6.45) is 1.91. The van der Waals surface area contributed by atoms with Crippen molar-refractivity contribution in [3.8, 4) is 0 Å². The summed E-state index contributed by atoms with van der Waals surface area (Å²) < 4.78 is 26.0. The van der Waals surface area contributed by atoms with E-state index in [-0.39, 0.29) is 24.1 Å². The lowest BCUT2D eigenvalue weighted by Gasteiger charge is -2.23. The minimum absolute atomic E-state index is 0. The van der Waals surface area contributed by atoms with Gasteiger partial charge in [0.25, 0.3) is 0 Å². The summed E-state index contributed by atoms with van der Waals surface area (Å²) in [6, 6.07) is 6.58. The molecule has 0 spiro atoms. The highest BCUT2D eigenvalue weighted by molar-refractivity contribution is 7.92. The molecule has 1 rings (SSSR count). The quantitative estimate of drug-likeness (QED) is 0.660. The third-order valence-electron chi connectivity index (χ3n) is 3.15. The summed E-state index contributed by atoms with van der Waals surface area (Å²) in [6.45, 7) is 5.44. The standard InChI is InChI=1S/C15H25N3O3S.ClH/c1-4-9-15(3,16)14(19)17-12-7-6-8-13(11-12)18-22(20,21)10-5-2;/h6-8,11,18H,4-5,9-10,16H2,1-3H3,(H,17,19);1H. The summed E-state index contributed by atoms with van der Waals surface area (Å²) in [5.74, 6) is -0.232. The number of sulfonamides is 1. The fourth-order valence-corrected chi connectivity index (χ4v) is 3.19. The Morgan fingerprint density at radius 3 is 2.39 bits per heavy atom. The Balaban J connectivity index is 0.00000484. The first-order chi connectivity index (χ1) is 10.2. The van der Waals surface area contributed by atoms with Crippen LogP contribution in [0.2, 0.25) is 0 Å². The number of hydrogen-bond donors (Lipinski definition) is 3. The zero-order chi connectivity index (χ0) is 16.8. The van der Waals surface area contributed by atoms with Crippen LogP contribution in [0, 0.1) is 0 Å². The van der Waals surface area contributed by atoms with Gasteiger partial charge in [-0.1, -0.05) is 26.3 Å². The number of carbonyl (C=O) groups excluding carboxylic acids is 1. The first-order valence-electron chi connectivity index (χ1n) is 7.41. The number of rotatable bonds is 8. The lowest BCUT2D eigenvalue weighted by Crippen LogP contribution is -2.48. The van der Waals surface area contributed by atoms with Gasteiger partial charge in [0.15, 0.2) is 0 Å². The van der Waals surface area contributed by atoms with Gasteiger partial charge in [0.05, 0.1) is 17.0 Å². The molecule has 1 aromatic rings. The van der Waals surface area contributed by atoms with Crippen molar-refractivity contribution in [2.24, 2.45) is 5.73 Å². The van der Waals surface area contributed by atoms with Crippen LogP contribution in [0.15, 0.2) is 24.3 Å². The number of nitrogens with two attached hydrogens (primary N) is 1. The molecule has 0 fully saturated rings. The fraction of sp³-hybridized carbons (Fsp3) is 0.533. The van der Waals surface area contributed by atoms with E-state index in [0.29, 0.717) is 24.2 Å². The lowest BCUT2D eigenvalue weighted by atomic mass is 9.96. The van der Waals surface area contributed by atoms with Crippen LogP contribution < -0.4 is 15.8 Å². The molecule has 0 saturated heterocycles. The topological polar surface area (TPSA) is 101 Å². The minimum Gasteiger partial charge on any atom is -0.324 e. The first kappa shape index (κ1) is 21.7. The molecule has 1 atom stereocenters. The highest BCUT2D eigenvalue weighted by atomic mass is 35.5. The van der Waals surface area contributed by atoms with Gasteiger partial charge in [-0.05, 0) is 38.0 Å². The van der Waals surface area contributed by atoms with E-state index in [2.05, 4.69) is 10.0 Å². The molecule has 1 unspecified atom stereocenters. The maximum atomic E-state index is 12.1. The maximum absolute atomic E-state index is 12.1. The van der Waals surface area contributed by atoms with E-state index in [1.54, 1.807) is 38.1 Å². The van der Waals surface area contributed by atoms with Crippen LogP contribution in [0.3, 0.4) is 0 Å². The molecular weight excluding hydrogens is 338 g/mol. The molecule has 0 aliphatic carbocycles. The molecule has 6 nitrogen and oxygen atoms in total. The van der Waals surface area contributed by atoms with Gasteiger partial charge in [0, 0.05) is 5.69 Å². The Hall–Kier alpha value is -1.31. The second kappa shape index (κ2) is 9.10. The fourth-order valence-electron chi connectivity index (χ4n) is 2.07. The molecule has 0 saturated carbocycles. The number of carbonyl (C=O) groups is 1. The summed E-state index contributed by atoms with van der Waals surface area (Å²) in [5, 5.41) is 2.73. The molecule has 0 aliphatic rings. The van der Waals surface area contributed by atoms with Crippen LogP contribution in [0.5, 0.6) is 0 Å². The molecule has 1 amide bonds. The van der Waals surface area contributed by atoms with Gasteiger partial charge in [0.1, 0.15) is 0 Å². The average molecular weight is 364 g/mol. The molecule has 0 aromatic heterocycles. The monoisotopic (exact) mass is 363 g/mol. The highest BCUT2D eigenvalue weighted by Crippen LogP contribution is 2.19. The predicted molar refractivity (Wildman–Crippen MR) is 97.5 cm³/mol. The number of amides is 1. The first-order valence-corrected chi connectivity index (χ1v) is 9.06. The number of hydrogen-bond acceptors (Lipinski definition) is 4. The van der Waals surface area contributed by atoms with E-state index in [9.17, 15) is 13.2 Å². The maximum Gasteiger partial charge on any atom is 0.244 e. The van der Waals surface area contributed by atoms with Gasteiger partial charge >= 0.3 is 0 Å². The van der Waals surface area contributed by atoms with Crippen molar-refractivity contribution in [3.63, 3.8) is 0 Å². The summed E-state index contributed by atoms with van der Waals surface area (Å²) in [4.78, 5) is 12.1. The average Bonchev–Trinajstić information content (AvgIpc) is 2.38. The van der Waals surface area contributed by atoms with E-state index < -0.39 is 15.6 Å². The third kappa shape index (κ3) is 7.20. The van der Waals surface area contributed by atoms with Crippen LogP contribution in [0.25, 0.3) is 0 Å². The zero-order valence-electron chi connectivity index (χ0n) is 13.8. The molecule has 23 heavy (non-hydrogen) atoms. The summed E-state index contributed by atoms with van der Waals surface area (Å²) >= 11 is 0.